The second-order valence-electron chi connectivity index (χ2n) is 4.29. The molecule has 0 spiro atoms. The van der Waals surface area contributed by atoms with E-state index in [1.54, 1.807) is 0 Å². The summed E-state index contributed by atoms with van der Waals surface area (Å²) in [7, 11) is 1.98. The fraction of sp³-hybridized carbons (Fsp3) is 0.467. The van der Waals surface area contributed by atoms with Crippen molar-refractivity contribution in [2.75, 3.05) is 7.05 Å². The van der Waals surface area contributed by atoms with Gasteiger partial charge in [0.2, 0.25) is 0 Å². The third-order valence-corrected chi connectivity index (χ3v) is 2.84. The lowest BCUT2D eigenvalue weighted by Crippen LogP contribution is -2.15. The van der Waals surface area contributed by atoms with Gasteiger partial charge in [-0.1, -0.05) is 38.1 Å². The molecule has 1 unspecified atom stereocenters. The molecule has 1 N–H and O–H groups in total. The molecule has 1 nitrogen and oxygen atoms in total. The molecule has 1 heteroatoms. The molecule has 1 rings (SSSR count). The molecular weight excluding hydrogens is 194 g/mol. The van der Waals surface area contributed by atoms with Gasteiger partial charge in [-0.2, -0.15) is 0 Å². The number of nitrogens with one attached hydrogen (secondary N) is 1. The van der Waals surface area contributed by atoms with E-state index in [1.165, 1.54) is 11.1 Å². The molecule has 1 aromatic rings. The molecule has 86 valence electrons. The maximum absolute atomic E-state index is 3.30. The second kappa shape index (κ2) is 6.35. The predicted octanol–water partition coefficient (Wildman–Crippen LogP) is 3.48. The summed E-state index contributed by atoms with van der Waals surface area (Å²) < 4.78 is 0. The van der Waals surface area contributed by atoms with E-state index in [2.05, 4.69) is 55.3 Å². The van der Waals surface area contributed by atoms with E-state index in [1.807, 2.05) is 14.0 Å². The van der Waals surface area contributed by atoms with Crippen molar-refractivity contribution in [2.45, 2.75) is 39.2 Å². The zero-order valence-electron chi connectivity index (χ0n) is 10.7. The van der Waals surface area contributed by atoms with Crippen LogP contribution in [0.5, 0.6) is 0 Å². The first-order chi connectivity index (χ1) is 7.69. The van der Waals surface area contributed by atoms with Gasteiger partial charge in [-0.3, -0.25) is 0 Å². The van der Waals surface area contributed by atoms with Crippen LogP contribution >= 0.6 is 0 Å². The van der Waals surface area contributed by atoms with Gasteiger partial charge in [0.25, 0.3) is 0 Å². The lowest BCUT2D eigenvalue weighted by molar-refractivity contribution is 0.611. The number of benzene rings is 1. The number of rotatable bonds is 4. The molecule has 0 amide bonds. The minimum Gasteiger partial charge on any atom is -0.312 e. The third-order valence-electron chi connectivity index (χ3n) is 2.84. The van der Waals surface area contributed by atoms with Crippen LogP contribution in [0.3, 0.4) is 0 Å². The molecule has 0 aliphatic heterocycles. The molecule has 16 heavy (non-hydrogen) atoms. The monoisotopic (exact) mass is 215 g/mol. The van der Waals surface area contributed by atoms with Crippen molar-refractivity contribution in [3.8, 4) is 11.8 Å². The molecule has 0 bridgehead atoms. The Morgan fingerprint density at radius 1 is 1.12 bits per heavy atom. The summed E-state index contributed by atoms with van der Waals surface area (Å²) in [5.74, 6) is 6.66. The molecular formula is C15H21N. The summed E-state index contributed by atoms with van der Waals surface area (Å²) in [4.78, 5) is 0. The summed E-state index contributed by atoms with van der Waals surface area (Å²) in [5, 5.41) is 3.30. The Hall–Kier alpha value is -1.26. The lowest BCUT2D eigenvalue weighted by Gasteiger charge is -2.15. The van der Waals surface area contributed by atoms with E-state index in [4.69, 9.17) is 0 Å². The van der Waals surface area contributed by atoms with Gasteiger partial charge in [-0.25, -0.2) is 0 Å². The number of hydrogen-bond acceptors (Lipinski definition) is 1. The second-order valence-corrected chi connectivity index (χ2v) is 4.29. The highest BCUT2D eigenvalue weighted by Gasteiger charge is 2.07. The van der Waals surface area contributed by atoms with Gasteiger partial charge in [-0.15, -0.1) is 11.8 Å². The van der Waals surface area contributed by atoms with E-state index < -0.39 is 0 Å². The van der Waals surface area contributed by atoms with Gasteiger partial charge in [0.05, 0.1) is 0 Å². The van der Waals surface area contributed by atoms with Crippen molar-refractivity contribution >= 4 is 0 Å². The van der Waals surface area contributed by atoms with Crippen molar-refractivity contribution in [1.29, 1.82) is 0 Å². The molecule has 0 radical (unpaired) electrons. The third kappa shape index (κ3) is 3.40. The molecule has 0 saturated heterocycles. The van der Waals surface area contributed by atoms with E-state index in [9.17, 15) is 0 Å². The van der Waals surface area contributed by atoms with Crippen molar-refractivity contribution in [2.24, 2.45) is 0 Å². The van der Waals surface area contributed by atoms with E-state index in [0.717, 1.165) is 6.42 Å². The Morgan fingerprint density at radius 2 is 1.69 bits per heavy atom. The topological polar surface area (TPSA) is 12.0 Å². The van der Waals surface area contributed by atoms with Crippen LogP contribution in [0.1, 0.15) is 50.3 Å². The van der Waals surface area contributed by atoms with Crippen molar-refractivity contribution in [3.05, 3.63) is 35.4 Å². The lowest BCUT2D eigenvalue weighted by atomic mass is 9.98. The van der Waals surface area contributed by atoms with Gasteiger partial charge in [0, 0.05) is 12.5 Å². The Labute approximate surface area is 99.3 Å². The average molecular weight is 215 g/mol. The van der Waals surface area contributed by atoms with E-state index in [0.29, 0.717) is 12.0 Å². The van der Waals surface area contributed by atoms with Crippen molar-refractivity contribution in [1.82, 2.24) is 5.32 Å². The minimum atomic E-state index is 0.341. The fourth-order valence-corrected chi connectivity index (χ4v) is 1.70. The number of hydrogen-bond donors (Lipinski definition) is 1. The first-order valence-electron chi connectivity index (χ1n) is 5.85. The van der Waals surface area contributed by atoms with Crippen LogP contribution in [-0.2, 0) is 0 Å². The van der Waals surface area contributed by atoms with E-state index in [-0.39, 0.29) is 0 Å². The van der Waals surface area contributed by atoms with Gasteiger partial charge in [0.15, 0.2) is 0 Å². The quantitative estimate of drug-likeness (QED) is 0.758. The summed E-state index contributed by atoms with van der Waals surface area (Å²) in [5.41, 5.74) is 2.70. The summed E-state index contributed by atoms with van der Waals surface area (Å²) >= 11 is 0. The first-order valence-corrected chi connectivity index (χ1v) is 5.85. The maximum Gasteiger partial charge on any atom is 0.0428 e. The van der Waals surface area contributed by atoms with Crippen LogP contribution in [0.2, 0.25) is 0 Å². The van der Waals surface area contributed by atoms with Gasteiger partial charge in [-0.05, 0) is 31.0 Å². The Kier molecular flexibility index (Phi) is 5.08. The van der Waals surface area contributed by atoms with Gasteiger partial charge in [0.1, 0.15) is 0 Å². The molecule has 0 aliphatic carbocycles. The zero-order chi connectivity index (χ0) is 12.0. The van der Waals surface area contributed by atoms with Crippen molar-refractivity contribution < 1.29 is 0 Å². The smallest absolute Gasteiger partial charge is 0.0428 e. The highest BCUT2D eigenvalue weighted by atomic mass is 14.9. The maximum atomic E-state index is 3.30. The van der Waals surface area contributed by atoms with E-state index >= 15 is 0 Å². The normalized spacial score (nSPS) is 12.1. The van der Waals surface area contributed by atoms with Gasteiger partial charge < -0.3 is 5.32 Å². The minimum absolute atomic E-state index is 0.341. The van der Waals surface area contributed by atoms with Gasteiger partial charge >= 0.3 is 0 Å². The van der Waals surface area contributed by atoms with Crippen LogP contribution in [0.25, 0.3) is 0 Å². The Bertz CT molecular complexity index is 365. The van der Waals surface area contributed by atoms with Crippen LogP contribution < -0.4 is 5.32 Å². The molecule has 1 aromatic carbocycles. The van der Waals surface area contributed by atoms with Crippen LogP contribution in [-0.4, -0.2) is 7.05 Å². The molecule has 0 saturated carbocycles. The highest BCUT2D eigenvalue weighted by Crippen LogP contribution is 2.20. The highest BCUT2D eigenvalue weighted by molar-refractivity contribution is 5.27. The summed E-state index contributed by atoms with van der Waals surface area (Å²) in [6, 6.07) is 9.17. The summed E-state index contributed by atoms with van der Waals surface area (Å²) in [6.45, 7) is 6.31. The summed E-state index contributed by atoms with van der Waals surface area (Å²) in [6.07, 6.45) is 0.869. The Morgan fingerprint density at radius 3 is 2.12 bits per heavy atom. The molecule has 0 aromatic heterocycles. The largest absolute Gasteiger partial charge is 0.312 e. The SMILES string of the molecule is CC#CCC(NC)c1ccc(C(C)C)cc1. The predicted molar refractivity (Wildman–Crippen MR) is 70.4 cm³/mol. The van der Waals surface area contributed by atoms with Crippen LogP contribution in [0, 0.1) is 11.8 Å². The molecule has 1 atom stereocenters. The molecule has 0 fully saturated rings. The molecule has 0 aliphatic rings. The fourth-order valence-electron chi connectivity index (χ4n) is 1.70. The first kappa shape index (κ1) is 12.8. The van der Waals surface area contributed by atoms with Crippen LogP contribution in [0.4, 0.5) is 0 Å². The zero-order valence-corrected chi connectivity index (χ0v) is 10.7. The van der Waals surface area contributed by atoms with Crippen molar-refractivity contribution in [3.63, 3.8) is 0 Å². The Balaban J connectivity index is 2.80. The molecule has 0 heterocycles. The van der Waals surface area contributed by atoms with Crippen LogP contribution in [0.15, 0.2) is 24.3 Å². The standard InChI is InChI=1S/C15H21N/c1-5-6-7-15(16-4)14-10-8-13(9-11-14)12(2)3/h8-12,15-16H,7H2,1-4H3. The average Bonchev–Trinajstić information content (AvgIpc) is 2.30.